The number of aliphatic carboxylic acids is 1. The van der Waals surface area contributed by atoms with Gasteiger partial charge < -0.3 is 19.5 Å². The van der Waals surface area contributed by atoms with Crippen LogP contribution in [0.2, 0.25) is 0 Å². The molecule has 0 spiro atoms. The highest BCUT2D eigenvalue weighted by Gasteiger charge is 2.38. The molecular formula is C18H23NO5. The molecule has 2 unspecified atom stereocenters. The Labute approximate surface area is 141 Å². The summed E-state index contributed by atoms with van der Waals surface area (Å²) in [5.41, 5.74) is 0.977. The highest BCUT2D eigenvalue weighted by Crippen LogP contribution is 2.29. The van der Waals surface area contributed by atoms with E-state index in [1.807, 2.05) is 31.2 Å². The normalized spacial score (nSPS) is 20.4. The van der Waals surface area contributed by atoms with Crippen LogP contribution in [0, 0.1) is 5.92 Å². The quantitative estimate of drug-likeness (QED) is 0.865. The molecule has 0 aliphatic carbocycles. The van der Waals surface area contributed by atoms with Crippen molar-refractivity contribution < 1.29 is 24.2 Å². The largest absolute Gasteiger partial charge is 0.493 e. The molecule has 6 nitrogen and oxygen atoms in total. The molecule has 1 saturated heterocycles. The Balaban J connectivity index is 2.00. The summed E-state index contributed by atoms with van der Waals surface area (Å²) in [6.07, 6.45) is 4.34. The Hall–Kier alpha value is -2.50. The van der Waals surface area contributed by atoms with Crippen molar-refractivity contribution in [2.75, 3.05) is 20.3 Å². The Morgan fingerprint density at radius 2 is 2.12 bits per heavy atom. The molecule has 1 aliphatic heterocycles. The van der Waals surface area contributed by atoms with Crippen LogP contribution in [0.4, 0.5) is 0 Å². The van der Waals surface area contributed by atoms with E-state index in [0.29, 0.717) is 24.5 Å². The van der Waals surface area contributed by atoms with Gasteiger partial charge in [-0.15, -0.1) is 0 Å². The molecular weight excluding hydrogens is 310 g/mol. The number of hydrogen-bond acceptors (Lipinski definition) is 4. The first-order valence-corrected chi connectivity index (χ1v) is 7.93. The summed E-state index contributed by atoms with van der Waals surface area (Å²) in [5, 5.41) is 9.14. The molecule has 1 heterocycles. The zero-order chi connectivity index (χ0) is 17.7. The number of carbonyl (C=O) groups excluding carboxylic acids is 1. The average molecular weight is 333 g/mol. The number of nitrogens with zero attached hydrogens (tertiary/aromatic N) is 1. The van der Waals surface area contributed by atoms with Crippen molar-refractivity contribution in [3.8, 4) is 11.5 Å². The summed E-state index contributed by atoms with van der Waals surface area (Å²) < 4.78 is 10.9. The predicted molar refractivity (Wildman–Crippen MR) is 90.1 cm³/mol. The van der Waals surface area contributed by atoms with Gasteiger partial charge in [0.25, 0.3) is 5.91 Å². The van der Waals surface area contributed by atoms with Crippen LogP contribution in [-0.4, -0.2) is 48.2 Å². The fourth-order valence-corrected chi connectivity index (χ4v) is 2.94. The van der Waals surface area contributed by atoms with E-state index in [1.165, 1.54) is 0 Å². The summed E-state index contributed by atoms with van der Waals surface area (Å²) >= 11 is 0. The van der Waals surface area contributed by atoms with Crippen LogP contribution in [0.15, 0.2) is 24.3 Å². The first-order valence-electron chi connectivity index (χ1n) is 7.93. The lowest BCUT2D eigenvalue weighted by Gasteiger charge is -2.23. The number of carboxylic acid groups (broad SMARTS) is 1. The van der Waals surface area contributed by atoms with E-state index in [-0.39, 0.29) is 18.6 Å². The zero-order valence-corrected chi connectivity index (χ0v) is 14.2. The number of allylic oxidation sites excluding steroid dienone is 1. The molecule has 2 rings (SSSR count). The number of likely N-dealkylation sites (tertiary alicyclic amines) is 1. The molecule has 0 bridgehead atoms. The Morgan fingerprint density at radius 3 is 2.71 bits per heavy atom. The smallest absolute Gasteiger partial charge is 0.308 e. The SMILES string of the molecule is C/C=C/c1ccc(OCC(=O)N2CCC(C(=O)O)C2C)c(OC)c1. The van der Waals surface area contributed by atoms with Crippen molar-refractivity contribution in [3.05, 3.63) is 29.8 Å². The van der Waals surface area contributed by atoms with Gasteiger partial charge in [-0.2, -0.15) is 0 Å². The predicted octanol–water partition coefficient (Wildman–Crippen LogP) is 2.43. The highest BCUT2D eigenvalue weighted by atomic mass is 16.5. The van der Waals surface area contributed by atoms with Crippen molar-refractivity contribution in [2.45, 2.75) is 26.3 Å². The van der Waals surface area contributed by atoms with Gasteiger partial charge in [0.1, 0.15) is 0 Å². The molecule has 1 N–H and O–H groups in total. The van der Waals surface area contributed by atoms with Gasteiger partial charge in [-0.25, -0.2) is 0 Å². The van der Waals surface area contributed by atoms with E-state index in [2.05, 4.69) is 0 Å². The van der Waals surface area contributed by atoms with E-state index >= 15 is 0 Å². The van der Waals surface area contributed by atoms with Crippen LogP contribution in [0.1, 0.15) is 25.8 Å². The lowest BCUT2D eigenvalue weighted by Crippen LogP contribution is -2.40. The van der Waals surface area contributed by atoms with Crippen LogP contribution in [0.25, 0.3) is 6.08 Å². The number of rotatable bonds is 6. The van der Waals surface area contributed by atoms with Gasteiger partial charge in [-0.1, -0.05) is 18.2 Å². The monoisotopic (exact) mass is 333 g/mol. The highest BCUT2D eigenvalue weighted by molar-refractivity contribution is 5.80. The van der Waals surface area contributed by atoms with Crippen molar-refractivity contribution in [1.82, 2.24) is 4.90 Å². The van der Waals surface area contributed by atoms with Gasteiger partial charge in [0, 0.05) is 12.6 Å². The van der Waals surface area contributed by atoms with Crippen LogP contribution in [-0.2, 0) is 9.59 Å². The number of carbonyl (C=O) groups is 2. The second-order valence-corrected chi connectivity index (χ2v) is 5.76. The van der Waals surface area contributed by atoms with Crippen molar-refractivity contribution >= 4 is 18.0 Å². The maximum atomic E-state index is 12.3. The fraction of sp³-hybridized carbons (Fsp3) is 0.444. The Bertz CT molecular complexity index is 640. The fourth-order valence-electron chi connectivity index (χ4n) is 2.94. The molecule has 2 atom stereocenters. The number of carboxylic acids is 1. The summed E-state index contributed by atoms with van der Waals surface area (Å²) in [6, 6.07) is 5.15. The molecule has 1 fully saturated rings. The topological polar surface area (TPSA) is 76.1 Å². The van der Waals surface area contributed by atoms with Gasteiger partial charge in [0.15, 0.2) is 18.1 Å². The van der Waals surface area contributed by atoms with Gasteiger partial charge >= 0.3 is 5.97 Å². The van der Waals surface area contributed by atoms with Gasteiger partial charge in [0.2, 0.25) is 0 Å². The minimum absolute atomic E-state index is 0.143. The van der Waals surface area contributed by atoms with Gasteiger partial charge in [-0.05, 0) is 38.0 Å². The zero-order valence-electron chi connectivity index (χ0n) is 14.2. The average Bonchev–Trinajstić information content (AvgIpc) is 2.95. The van der Waals surface area contributed by atoms with Crippen molar-refractivity contribution in [1.29, 1.82) is 0 Å². The first-order chi connectivity index (χ1) is 11.5. The maximum Gasteiger partial charge on any atom is 0.308 e. The van der Waals surface area contributed by atoms with Crippen molar-refractivity contribution in [3.63, 3.8) is 0 Å². The summed E-state index contributed by atoms with van der Waals surface area (Å²) in [7, 11) is 1.55. The second-order valence-electron chi connectivity index (χ2n) is 5.76. The lowest BCUT2D eigenvalue weighted by molar-refractivity contribution is -0.143. The molecule has 0 aromatic heterocycles. The van der Waals surface area contributed by atoms with E-state index in [9.17, 15) is 9.59 Å². The van der Waals surface area contributed by atoms with E-state index < -0.39 is 11.9 Å². The third kappa shape index (κ3) is 3.88. The van der Waals surface area contributed by atoms with Crippen molar-refractivity contribution in [2.24, 2.45) is 5.92 Å². The summed E-state index contributed by atoms with van der Waals surface area (Å²) in [4.78, 5) is 25.0. The summed E-state index contributed by atoms with van der Waals surface area (Å²) in [6.45, 7) is 3.99. The Kier molecular flexibility index (Phi) is 5.84. The van der Waals surface area contributed by atoms with Gasteiger partial charge in [0.05, 0.1) is 13.0 Å². The molecule has 1 aliphatic rings. The molecule has 0 radical (unpaired) electrons. The number of methoxy groups -OCH3 is 1. The minimum atomic E-state index is -0.861. The van der Waals surface area contributed by atoms with Crippen LogP contribution in [0.5, 0.6) is 11.5 Å². The van der Waals surface area contributed by atoms with Crippen LogP contribution in [0.3, 0.4) is 0 Å². The summed E-state index contributed by atoms with van der Waals surface area (Å²) in [5.74, 6) is -0.550. The van der Waals surface area contributed by atoms with Crippen LogP contribution < -0.4 is 9.47 Å². The minimum Gasteiger partial charge on any atom is -0.493 e. The first kappa shape index (κ1) is 17.8. The van der Waals surface area contributed by atoms with E-state index in [4.69, 9.17) is 14.6 Å². The molecule has 24 heavy (non-hydrogen) atoms. The molecule has 1 amide bonds. The van der Waals surface area contributed by atoms with Crippen LogP contribution >= 0.6 is 0 Å². The third-order valence-corrected chi connectivity index (χ3v) is 4.29. The van der Waals surface area contributed by atoms with Gasteiger partial charge in [-0.3, -0.25) is 9.59 Å². The third-order valence-electron chi connectivity index (χ3n) is 4.29. The number of amides is 1. The number of benzene rings is 1. The van der Waals surface area contributed by atoms with E-state index in [1.54, 1.807) is 25.0 Å². The number of ether oxygens (including phenoxy) is 2. The maximum absolute atomic E-state index is 12.3. The molecule has 1 aromatic rings. The van der Waals surface area contributed by atoms with E-state index in [0.717, 1.165) is 5.56 Å². The molecule has 6 heteroatoms. The standard InChI is InChI=1S/C18H23NO5/c1-4-5-13-6-7-15(16(10-13)23-3)24-11-17(20)19-9-8-14(12(19)2)18(21)22/h4-7,10,12,14H,8-9,11H2,1-3H3,(H,21,22)/b5-4+. The molecule has 130 valence electrons. The lowest BCUT2D eigenvalue weighted by atomic mass is 10.0. The molecule has 0 saturated carbocycles. The molecule has 1 aromatic carbocycles. The Morgan fingerprint density at radius 1 is 1.38 bits per heavy atom. The second kappa shape index (κ2) is 7.86. The number of hydrogen-bond donors (Lipinski definition) is 1.